The maximum Gasteiger partial charge on any atom is 0.252 e. The summed E-state index contributed by atoms with van der Waals surface area (Å²) in [6.45, 7) is 6.04. The molecule has 1 saturated carbocycles. The second-order valence-electron chi connectivity index (χ2n) is 8.47. The molecule has 1 N–H and O–H groups in total. The van der Waals surface area contributed by atoms with E-state index < -0.39 is 0 Å². The number of aromatic nitrogens is 2. The van der Waals surface area contributed by atoms with Crippen LogP contribution < -0.4 is 15.2 Å². The highest BCUT2D eigenvalue weighted by atomic mass is 16.5. The van der Waals surface area contributed by atoms with E-state index in [4.69, 9.17) is 4.74 Å². The number of hydrogen-bond donors (Lipinski definition) is 1. The number of Topliss-reactive ketones (excluding diaryl/α,β-unsaturated/α-hetero) is 1. The summed E-state index contributed by atoms with van der Waals surface area (Å²) in [5.74, 6) is 1.11. The Morgan fingerprint density at radius 1 is 1.22 bits per heavy atom. The van der Waals surface area contributed by atoms with Gasteiger partial charge in [-0.25, -0.2) is 4.98 Å². The van der Waals surface area contributed by atoms with E-state index in [1.54, 1.807) is 19.0 Å². The van der Waals surface area contributed by atoms with Gasteiger partial charge in [0.15, 0.2) is 5.78 Å². The Morgan fingerprint density at radius 3 is 2.37 bits per heavy atom. The average molecular weight is 369 g/mol. The Balaban J connectivity index is 1.77. The minimum Gasteiger partial charge on any atom is -0.488 e. The molecule has 1 aliphatic rings. The summed E-state index contributed by atoms with van der Waals surface area (Å²) in [4.78, 5) is 33.2. The van der Waals surface area contributed by atoms with Crippen LogP contribution in [0.3, 0.4) is 0 Å². The molecular weight excluding hydrogens is 342 g/mol. The molecule has 0 aliphatic heterocycles. The quantitative estimate of drug-likeness (QED) is 0.791. The number of carbonyl (C=O) groups is 1. The molecular formula is C21H27N3O3. The van der Waals surface area contributed by atoms with Crippen LogP contribution in [0.1, 0.15) is 56.1 Å². The third kappa shape index (κ3) is 4.56. The fraction of sp³-hybridized carbons (Fsp3) is 0.476. The van der Waals surface area contributed by atoms with Gasteiger partial charge in [0.2, 0.25) is 5.95 Å². The maximum absolute atomic E-state index is 12.8. The molecule has 6 nitrogen and oxygen atoms in total. The van der Waals surface area contributed by atoms with Crippen LogP contribution in [0.2, 0.25) is 0 Å². The maximum atomic E-state index is 12.8. The molecule has 1 heterocycles. The molecule has 3 rings (SSSR count). The van der Waals surface area contributed by atoms with Crippen molar-refractivity contribution < 1.29 is 9.53 Å². The fourth-order valence-electron chi connectivity index (χ4n) is 3.15. The number of nitrogens with one attached hydrogen (secondary N) is 1. The molecule has 144 valence electrons. The van der Waals surface area contributed by atoms with Gasteiger partial charge in [0, 0.05) is 32.0 Å². The molecule has 0 spiro atoms. The lowest BCUT2D eigenvalue weighted by Gasteiger charge is -2.22. The standard InChI is InChI=1S/C21H27N3O3/c1-20(2,3)27-15-8-6-14(7-9-15)21(10-11-21)13-17(25)16-12-18(26)23-19(22-16)24(4)5/h6-9,12H,10-11,13H2,1-5H3,(H,22,23,26). The fourth-order valence-corrected chi connectivity index (χ4v) is 3.15. The smallest absolute Gasteiger partial charge is 0.252 e. The molecule has 0 saturated heterocycles. The summed E-state index contributed by atoms with van der Waals surface area (Å²) >= 11 is 0. The molecule has 0 bridgehead atoms. The molecule has 0 amide bonds. The van der Waals surface area contributed by atoms with Crippen molar-refractivity contribution in [1.82, 2.24) is 9.97 Å². The Bertz CT molecular complexity index is 888. The molecule has 1 aromatic heterocycles. The highest BCUT2D eigenvalue weighted by Crippen LogP contribution is 2.51. The number of anilines is 1. The zero-order chi connectivity index (χ0) is 19.8. The molecule has 1 aliphatic carbocycles. The second-order valence-corrected chi connectivity index (χ2v) is 8.47. The average Bonchev–Trinajstić information content (AvgIpc) is 3.34. The molecule has 0 radical (unpaired) electrons. The molecule has 1 fully saturated rings. The summed E-state index contributed by atoms with van der Waals surface area (Å²) in [6.07, 6.45) is 2.28. The van der Waals surface area contributed by atoms with Crippen molar-refractivity contribution in [3.05, 3.63) is 51.9 Å². The Kier molecular flexibility index (Phi) is 4.84. The van der Waals surface area contributed by atoms with E-state index in [-0.39, 0.29) is 28.1 Å². The summed E-state index contributed by atoms with van der Waals surface area (Å²) in [6, 6.07) is 9.28. The van der Waals surface area contributed by atoms with Crippen LogP contribution >= 0.6 is 0 Å². The first-order valence-electron chi connectivity index (χ1n) is 9.19. The zero-order valence-electron chi connectivity index (χ0n) is 16.6. The van der Waals surface area contributed by atoms with Crippen molar-refractivity contribution in [1.29, 1.82) is 0 Å². The van der Waals surface area contributed by atoms with Crippen molar-refractivity contribution in [2.24, 2.45) is 0 Å². The van der Waals surface area contributed by atoms with E-state index in [0.717, 1.165) is 24.2 Å². The minimum absolute atomic E-state index is 0.100. The number of hydrogen-bond acceptors (Lipinski definition) is 5. The first-order chi connectivity index (χ1) is 12.6. The lowest BCUT2D eigenvalue weighted by atomic mass is 9.89. The van der Waals surface area contributed by atoms with Gasteiger partial charge in [0.25, 0.3) is 5.56 Å². The Labute approximate surface area is 159 Å². The predicted molar refractivity (Wildman–Crippen MR) is 106 cm³/mol. The van der Waals surface area contributed by atoms with Crippen molar-refractivity contribution in [2.75, 3.05) is 19.0 Å². The third-order valence-electron chi connectivity index (χ3n) is 4.68. The summed E-state index contributed by atoms with van der Waals surface area (Å²) in [5, 5.41) is 0. The number of ether oxygens (including phenoxy) is 1. The van der Waals surface area contributed by atoms with Gasteiger partial charge in [-0.1, -0.05) is 12.1 Å². The normalized spacial score (nSPS) is 15.3. The van der Waals surface area contributed by atoms with Gasteiger partial charge >= 0.3 is 0 Å². The summed E-state index contributed by atoms with van der Waals surface area (Å²) in [7, 11) is 3.55. The topological polar surface area (TPSA) is 75.3 Å². The van der Waals surface area contributed by atoms with Crippen molar-refractivity contribution >= 4 is 11.7 Å². The number of rotatable bonds is 6. The van der Waals surface area contributed by atoms with Crippen LogP contribution in [0, 0.1) is 0 Å². The van der Waals surface area contributed by atoms with E-state index in [9.17, 15) is 9.59 Å². The lowest BCUT2D eigenvalue weighted by Crippen LogP contribution is -2.23. The highest BCUT2D eigenvalue weighted by Gasteiger charge is 2.46. The van der Waals surface area contributed by atoms with Crippen LogP contribution in [0.4, 0.5) is 5.95 Å². The van der Waals surface area contributed by atoms with Crippen LogP contribution in [0.25, 0.3) is 0 Å². The van der Waals surface area contributed by atoms with Gasteiger partial charge in [-0.3, -0.25) is 14.6 Å². The van der Waals surface area contributed by atoms with Gasteiger partial charge in [0.05, 0.1) is 0 Å². The van der Waals surface area contributed by atoms with Crippen LogP contribution in [-0.4, -0.2) is 35.4 Å². The van der Waals surface area contributed by atoms with E-state index >= 15 is 0 Å². The van der Waals surface area contributed by atoms with Gasteiger partial charge in [0.1, 0.15) is 17.0 Å². The molecule has 1 aromatic carbocycles. The van der Waals surface area contributed by atoms with E-state index in [1.807, 2.05) is 45.0 Å². The first-order valence-corrected chi connectivity index (χ1v) is 9.19. The zero-order valence-corrected chi connectivity index (χ0v) is 16.6. The van der Waals surface area contributed by atoms with Crippen molar-refractivity contribution in [2.45, 2.75) is 51.0 Å². The number of ketones is 1. The molecule has 6 heteroatoms. The number of benzene rings is 1. The second kappa shape index (κ2) is 6.83. The van der Waals surface area contributed by atoms with Gasteiger partial charge in [-0.2, -0.15) is 0 Å². The summed E-state index contributed by atoms with van der Waals surface area (Å²) < 4.78 is 5.87. The Morgan fingerprint density at radius 2 is 1.85 bits per heavy atom. The SMILES string of the molecule is CN(C)c1nc(C(=O)CC2(c3ccc(OC(C)(C)C)cc3)CC2)cc(=O)[nH]1. The monoisotopic (exact) mass is 369 g/mol. The van der Waals surface area contributed by atoms with E-state index in [0.29, 0.717) is 12.4 Å². The number of carbonyl (C=O) groups excluding carboxylic acids is 1. The van der Waals surface area contributed by atoms with E-state index in [1.165, 1.54) is 6.07 Å². The van der Waals surface area contributed by atoms with Gasteiger partial charge in [-0.15, -0.1) is 0 Å². The largest absolute Gasteiger partial charge is 0.488 e. The van der Waals surface area contributed by atoms with Gasteiger partial charge < -0.3 is 9.64 Å². The number of H-pyrrole nitrogens is 1. The molecule has 27 heavy (non-hydrogen) atoms. The minimum atomic E-state index is -0.314. The lowest BCUT2D eigenvalue weighted by molar-refractivity contribution is 0.0964. The molecule has 0 unspecified atom stereocenters. The summed E-state index contributed by atoms with van der Waals surface area (Å²) in [5.41, 5.74) is 0.645. The van der Waals surface area contributed by atoms with Crippen LogP contribution in [0.5, 0.6) is 5.75 Å². The van der Waals surface area contributed by atoms with E-state index in [2.05, 4.69) is 9.97 Å². The molecule has 2 aromatic rings. The number of nitrogens with zero attached hydrogens (tertiary/aromatic N) is 2. The molecule has 0 atom stereocenters. The van der Waals surface area contributed by atoms with Crippen LogP contribution in [0.15, 0.2) is 35.1 Å². The Hall–Kier alpha value is -2.63. The number of aromatic amines is 1. The van der Waals surface area contributed by atoms with Crippen molar-refractivity contribution in [3.8, 4) is 5.75 Å². The first kappa shape index (κ1) is 19.1. The highest BCUT2D eigenvalue weighted by molar-refractivity contribution is 5.95. The van der Waals surface area contributed by atoms with Crippen LogP contribution in [-0.2, 0) is 5.41 Å². The third-order valence-corrected chi connectivity index (χ3v) is 4.68. The van der Waals surface area contributed by atoms with Gasteiger partial charge in [-0.05, 0) is 51.3 Å². The predicted octanol–water partition coefficient (Wildman–Crippen LogP) is 3.32. The van der Waals surface area contributed by atoms with Crippen molar-refractivity contribution in [3.63, 3.8) is 0 Å².